The molecule has 1 saturated heterocycles. The fraction of sp³-hybridized carbons (Fsp3) is 0.314. The first kappa shape index (κ1) is 44.9. The first-order chi connectivity index (χ1) is 30.3. The summed E-state index contributed by atoms with van der Waals surface area (Å²) in [5.41, 5.74) is 4.49. The van der Waals surface area contributed by atoms with Crippen molar-refractivity contribution >= 4 is 29.8 Å². The van der Waals surface area contributed by atoms with Gasteiger partial charge in [-0.05, 0) is 59.9 Å². The van der Waals surface area contributed by atoms with Crippen molar-refractivity contribution in [3.05, 3.63) is 179 Å². The van der Waals surface area contributed by atoms with Crippen LogP contribution in [0, 0.1) is 0 Å². The lowest BCUT2D eigenvalue weighted by atomic mass is 9.97. The fourth-order valence-electron chi connectivity index (χ4n) is 7.03. The summed E-state index contributed by atoms with van der Waals surface area (Å²) in [7, 11) is 0. The standard InChI is InChI=1S/C51H52O11/c52-43(31-26-37-16-6-1-7-17-37)57-36-42-48(59-44(53)32-27-38-18-8-2-9-19-38)49(60-45(54)33-28-39-20-10-3-11-21-39)50(61-46(55)34-29-40-22-12-4-13-23-40)51(58-42)62-47(56)35-30-41-24-14-5-15-25-41/h1-25,42,48-51H,26-36H2/t42-,48+,49-,50-,51-/m0/s1. The van der Waals surface area contributed by atoms with Crippen molar-refractivity contribution < 1.29 is 52.4 Å². The highest BCUT2D eigenvalue weighted by atomic mass is 16.7. The Morgan fingerprint density at radius 1 is 0.355 bits per heavy atom. The maximum Gasteiger partial charge on any atom is 0.308 e. The minimum atomic E-state index is -1.64. The van der Waals surface area contributed by atoms with Crippen LogP contribution in [0.25, 0.3) is 0 Å². The number of hydrogen-bond donors (Lipinski definition) is 0. The molecule has 6 rings (SSSR count). The molecule has 0 aliphatic carbocycles. The largest absolute Gasteiger partial charge is 0.463 e. The molecule has 1 aliphatic rings. The van der Waals surface area contributed by atoms with Crippen molar-refractivity contribution in [2.24, 2.45) is 0 Å². The molecule has 1 aliphatic heterocycles. The smallest absolute Gasteiger partial charge is 0.308 e. The van der Waals surface area contributed by atoms with Crippen LogP contribution in [0.5, 0.6) is 0 Å². The van der Waals surface area contributed by atoms with Crippen LogP contribution in [0.1, 0.15) is 59.9 Å². The molecule has 11 nitrogen and oxygen atoms in total. The molecule has 0 N–H and O–H groups in total. The van der Waals surface area contributed by atoms with E-state index in [1.54, 1.807) is 0 Å². The van der Waals surface area contributed by atoms with Gasteiger partial charge in [0.15, 0.2) is 12.2 Å². The molecular formula is C51H52O11. The van der Waals surface area contributed by atoms with Crippen LogP contribution >= 0.6 is 0 Å². The second-order valence-electron chi connectivity index (χ2n) is 15.0. The maximum absolute atomic E-state index is 13.8. The summed E-state index contributed by atoms with van der Waals surface area (Å²) in [6.07, 6.45) is -5.99. The Labute approximate surface area is 362 Å². The van der Waals surface area contributed by atoms with Crippen LogP contribution in [-0.4, -0.2) is 67.2 Å². The molecule has 5 aromatic carbocycles. The third-order valence-corrected chi connectivity index (χ3v) is 10.4. The van der Waals surface area contributed by atoms with E-state index >= 15 is 0 Å². The molecule has 0 bridgehead atoms. The van der Waals surface area contributed by atoms with E-state index in [0.29, 0.717) is 32.1 Å². The van der Waals surface area contributed by atoms with E-state index in [0.717, 1.165) is 27.8 Å². The number of hydrogen-bond acceptors (Lipinski definition) is 11. The molecule has 0 spiro atoms. The third-order valence-electron chi connectivity index (χ3n) is 10.4. The lowest BCUT2D eigenvalue weighted by molar-refractivity contribution is -0.301. The molecule has 0 unspecified atom stereocenters. The summed E-state index contributed by atoms with van der Waals surface area (Å²) in [6.45, 7) is -0.463. The molecule has 0 radical (unpaired) electrons. The second-order valence-corrected chi connectivity index (χ2v) is 15.0. The number of carbonyl (C=O) groups excluding carboxylic acids is 5. The van der Waals surface area contributed by atoms with Crippen LogP contribution in [0.4, 0.5) is 0 Å². The Hall–Kier alpha value is -6.59. The van der Waals surface area contributed by atoms with Crippen molar-refractivity contribution in [3.8, 4) is 0 Å². The van der Waals surface area contributed by atoms with E-state index in [-0.39, 0.29) is 32.1 Å². The molecule has 62 heavy (non-hydrogen) atoms. The number of ether oxygens (including phenoxy) is 6. The minimum absolute atomic E-state index is 0.0374. The number of aryl methyl sites for hydroxylation is 5. The van der Waals surface area contributed by atoms with E-state index < -0.39 is 67.2 Å². The minimum Gasteiger partial charge on any atom is -0.463 e. The van der Waals surface area contributed by atoms with Gasteiger partial charge in [0, 0.05) is 32.1 Å². The zero-order valence-corrected chi connectivity index (χ0v) is 34.6. The summed E-state index contributed by atoms with van der Waals surface area (Å²) < 4.78 is 36.3. The SMILES string of the molecule is O=C(CCc1ccccc1)OC[C@@H]1O[C@@H](OC(=O)CCc2ccccc2)[C@@H](OC(=O)CCc2ccccc2)[C@@H](OC(=O)CCc2ccccc2)[C@@H]1OC(=O)CCc1ccccc1. The van der Waals surface area contributed by atoms with E-state index in [2.05, 4.69) is 0 Å². The molecule has 11 heteroatoms. The molecule has 322 valence electrons. The Balaban J connectivity index is 1.29. The first-order valence-electron chi connectivity index (χ1n) is 21.1. The molecule has 0 aromatic heterocycles. The predicted octanol–water partition coefficient (Wildman–Crippen LogP) is 7.70. The third kappa shape index (κ3) is 14.8. The van der Waals surface area contributed by atoms with E-state index in [1.165, 1.54) is 0 Å². The Kier molecular flexibility index (Phi) is 17.4. The average Bonchev–Trinajstić information content (AvgIpc) is 3.31. The summed E-state index contributed by atoms with van der Waals surface area (Å²) in [4.78, 5) is 68.0. The van der Waals surface area contributed by atoms with E-state index in [4.69, 9.17) is 28.4 Å². The number of esters is 5. The monoisotopic (exact) mass is 840 g/mol. The molecule has 1 fully saturated rings. The summed E-state index contributed by atoms with van der Waals surface area (Å²) in [5.74, 6) is -3.30. The highest BCUT2D eigenvalue weighted by molar-refractivity contribution is 5.73. The maximum atomic E-state index is 13.8. The summed E-state index contributed by atoms with van der Waals surface area (Å²) in [5, 5.41) is 0. The average molecular weight is 841 g/mol. The van der Waals surface area contributed by atoms with Crippen LogP contribution in [0.15, 0.2) is 152 Å². The molecular weight excluding hydrogens is 789 g/mol. The van der Waals surface area contributed by atoms with Gasteiger partial charge in [0.05, 0.1) is 0 Å². The van der Waals surface area contributed by atoms with E-state index in [9.17, 15) is 24.0 Å². The van der Waals surface area contributed by atoms with Crippen molar-refractivity contribution in [3.63, 3.8) is 0 Å². The zero-order chi connectivity index (χ0) is 43.4. The van der Waals surface area contributed by atoms with Gasteiger partial charge in [0.1, 0.15) is 12.7 Å². The normalized spacial score (nSPS) is 18.2. The van der Waals surface area contributed by atoms with Gasteiger partial charge >= 0.3 is 29.8 Å². The number of benzene rings is 5. The number of rotatable bonds is 21. The van der Waals surface area contributed by atoms with Crippen LogP contribution in [-0.2, 0) is 84.5 Å². The van der Waals surface area contributed by atoms with Gasteiger partial charge in [-0.3, -0.25) is 24.0 Å². The van der Waals surface area contributed by atoms with Crippen molar-refractivity contribution in [1.29, 1.82) is 0 Å². The number of carbonyl (C=O) groups is 5. The molecule has 0 amide bonds. The molecule has 5 aromatic rings. The molecule has 1 heterocycles. The van der Waals surface area contributed by atoms with Gasteiger partial charge in [0.25, 0.3) is 0 Å². The quantitative estimate of drug-likeness (QED) is 0.0531. The zero-order valence-electron chi connectivity index (χ0n) is 34.6. The van der Waals surface area contributed by atoms with Crippen LogP contribution < -0.4 is 0 Å². The van der Waals surface area contributed by atoms with Crippen molar-refractivity contribution in [2.45, 2.75) is 94.9 Å². The topological polar surface area (TPSA) is 141 Å². The molecule has 5 atom stereocenters. The predicted molar refractivity (Wildman–Crippen MR) is 229 cm³/mol. The Bertz CT molecular complexity index is 2150. The fourth-order valence-corrected chi connectivity index (χ4v) is 7.03. The van der Waals surface area contributed by atoms with Gasteiger partial charge in [0.2, 0.25) is 12.4 Å². The van der Waals surface area contributed by atoms with Crippen molar-refractivity contribution in [1.82, 2.24) is 0 Å². The lowest BCUT2D eigenvalue weighted by Gasteiger charge is -2.44. The highest BCUT2D eigenvalue weighted by Crippen LogP contribution is 2.31. The first-order valence-corrected chi connectivity index (χ1v) is 21.1. The van der Waals surface area contributed by atoms with Crippen LogP contribution in [0.3, 0.4) is 0 Å². The van der Waals surface area contributed by atoms with E-state index in [1.807, 2.05) is 152 Å². The Morgan fingerprint density at radius 2 is 0.645 bits per heavy atom. The molecule has 0 saturated carbocycles. The highest BCUT2D eigenvalue weighted by Gasteiger charge is 2.54. The van der Waals surface area contributed by atoms with Gasteiger partial charge in [-0.1, -0.05) is 152 Å². The van der Waals surface area contributed by atoms with Gasteiger partial charge in [-0.2, -0.15) is 0 Å². The van der Waals surface area contributed by atoms with Gasteiger partial charge in [-0.25, -0.2) is 0 Å². The summed E-state index contributed by atoms with van der Waals surface area (Å²) >= 11 is 0. The Morgan fingerprint density at radius 3 is 1.00 bits per heavy atom. The van der Waals surface area contributed by atoms with Gasteiger partial charge in [-0.15, -0.1) is 0 Å². The summed E-state index contributed by atoms with van der Waals surface area (Å²) in [6, 6.07) is 46.8. The van der Waals surface area contributed by atoms with Crippen molar-refractivity contribution in [2.75, 3.05) is 6.61 Å². The second kappa shape index (κ2) is 24.0. The van der Waals surface area contributed by atoms with Crippen LogP contribution in [0.2, 0.25) is 0 Å². The lowest BCUT2D eigenvalue weighted by Crippen LogP contribution is -2.63. The van der Waals surface area contributed by atoms with Gasteiger partial charge < -0.3 is 28.4 Å².